The molecule has 1 N–H and O–H groups in total. The summed E-state index contributed by atoms with van der Waals surface area (Å²) in [4.78, 5) is 9.88. The third-order valence-electron chi connectivity index (χ3n) is 1.47. The van der Waals surface area contributed by atoms with Gasteiger partial charge in [-0.25, -0.2) is 0 Å². The number of benzene rings is 1. The molecule has 0 aromatic heterocycles. The van der Waals surface area contributed by atoms with Gasteiger partial charge in [-0.3, -0.25) is 10.1 Å². The molecule has 0 heterocycles. The topological polar surface area (TPSA) is 75.7 Å². The number of rotatable bonds is 2. The zero-order chi connectivity index (χ0) is 10.7. The number of nitro benzene ring substituents is 1. The van der Waals surface area contributed by atoms with Crippen LogP contribution in [0.5, 0.6) is 0 Å². The van der Waals surface area contributed by atoms with Gasteiger partial charge in [-0.15, -0.1) is 0 Å². The van der Waals surface area contributed by atoms with Crippen LogP contribution in [0.1, 0.15) is 5.56 Å². The molecule has 7 heteroatoms. The van der Waals surface area contributed by atoms with Gasteiger partial charge in [-0.2, -0.15) is 0 Å². The minimum absolute atomic E-state index is 0.0216. The molecule has 0 saturated carbocycles. The van der Waals surface area contributed by atoms with Gasteiger partial charge < -0.3 is 5.21 Å². The molecule has 1 rings (SSSR count). The lowest BCUT2D eigenvalue weighted by Crippen LogP contribution is -1.99. The van der Waals surface area contributed by atoms with Crippen LogP contribution in [-0.2, 0) is 0 Å². The third-order valence-corrected chi connectivity index (χ3v) is 1.98. The first kappa shape index (κ1) is 10.7. The Morgan fingerprint density at radius 2 is 2.21 bits per heavy atom. The van der Waals surface area contributed by atoms with Crippen molar-refractivity contribution in [1.82, 2.24) is 0 Å². The van der Waals surface area contributed by atoms with Crippen LogP contribution in [0.3, 0.4) is 0 Å². The van der Waals surface area contributed by atoms with E-state index in [1.807, 2.05) is 0 Å². The van der Waals surface area contributed by atoms with Crippen molar-refractivity contribution >= 4 is 34.1 Å². The molecule has 1 aromatic carbocycles. The fourth-order valence-corrected chi connectivity index (χ4v) is 1.21. The van der Waals surface area contributed by atoms with Crippen LogP contribution in [0.2, 0.25) is 5.02 Å². The van der Waals surface area contributed by atoms with Gasteiger partial charge in [-0.05, 0) is 12.1 Å². The minimum atomic E-state index is -0.640. The van der Waals surface area contributed by atoms with Crippen molar-refractivity contribution in [1.29, 1.82) is 0 Å². The van der Waals surface area contributed by atoms with Crippen molar-refractivity contribution < 1.29 is 10.1 Å². The smallest absolute Gasteiger partial charge is 0.279 e. The number of nitro groups is 1. The summed E-state index contributed by atoms with van der Waals surface area (Å²) in [5.74, 6) is 0. The van der Waals surface area contributed by atoms with E-state index in [1.54, 1.807) is 0 Å². The van der Waals surface area contributed by atoms with Crippen LogP contribution >= 0.6 is 23.2 Å². The lowest BCUT2D eigenvalue weighted by Gasteiger charge is -1.99. The van der Waals surface area contributed by atoms with E-state index in [-0.39, 0.29) is 21.4 Å². The molecule has 0 fully saturated rings. The largest absolute Gasteiger partial charge is 0.410 e. The molecule has 0 amide bonds. The van der Waals surface area contributed by atoms with Gasteiger partial charge in [0, 0.05) is 11.1 Å². The molecule has 0 aliphatic rings. The fourth-order valence-electron chi connectivity index (χ4n) is 0.887. The summed E-state index contributed by atoms with van der Waals surface area (Å²) >= 11 is 11.1. The summed E-state index contributed by atoms with van der Waals surface area (Å²) in [5.41, 5.74) is -0.288. The number of halogens is 2. The highest BCUT2D eigenvalue weighted by Crippen LogP contribution is 2.24. The first-order valence-corrected chi connectivity index (χ1v) is 4.13. The monoisotopic (exact) mass is 234 g/mol. The Labute approximate surface area is 88.7 Å². The maximum Gasteiger partial charge on any atom is 0.279 e. The summed E-state index contributed by atoms with van der Waals surface area (Å²) in [6, 6.07) is 3.79. The Morgan fingerprint density at radius 3 is 2.71 bits per heavy atom. The molecule has 5 nitrogen and oxygen atoms in total. The first-order valence-electron chi connectivity index (χ1n) is 3.38. The maximum absolute atomic E-state index is 10.5. The predicted octanol–water partition coefficient (Wildman–Crippen LogP) is 2.62. The average Bonchev–Trinajstić information content (AvgIpc) is 2.16. The first-order chi connectivity index (χ1) is 6.56. The zero-order valence-corrected chi connectivity index (χ0v) is 8.16. The molecule has 0 aliphatic heterocycles. The second kappa shape index (κ2) is 4.26. The van der Waals surface area contributed by atoms with Crippen molar-refractivity contribution in [3.05, 3.63) is 38.9 Å². The highest BCUT2D eigenvalue weighted by molar-refractivity contribution is 6.70. The lowest BCUT2D eigenvalue weighted by atomic mass is 10.2. The van der Waals surface area contributed by atoms with E-state index < -0.39 is 4.92 Å². The van der Waals surface area contributed by atoms with E-state index in [2.05, 4.69) is 5.16 Å². The Morgan fingerprint density at radius 1 is 1.57 bits per heavy atom. The summed E-state index contributed by atoms with van der Waals surface area (Å²) in [7, 11) is 0. The van der Waals surface area contributed by atoms with Crippen LogP contribution in [-0.4, -0.2) is 15.3 Å². The van der Waals surface area contributed by atoms with E-state index >= 15 is 0 Å². The van der Waals surface area contributed by atoms with Crippen molar-refractivity contribution in [2.45, 2.75) is 0 Å². The molecule has 0 radical (unpaired) electrons. The Hall–Kier alpha value is -1.33. The molecule has 14 heavy (non-hydrogen) atoms. The zero-order valence-electron chi connectivity index (χ0n) is 6.65. The van der Waals surface area contributed by atoms with Crippen LogP contribution in [0.25, 0.3) is 0 Å². The van der Waals surface area contributed by atoms with E-state index in [0.29, 0.717) is 0 Å². The van der Waals surface area contributed by atoms with Gasteiger partial charge in [0.1, 0.15) is 0 Å². The van der Waals surface area contributed by atoms with E-state index in [9.17, 15) is 10.1 Å². The van der Waals surface area contributed by atoms with Crippen molar-refractivity contribution in [3.63, 3.8) is 0 Å². The average molecular weight is 235 g/mol. The highest BCUT2D eigenvalue weighted by Gasteiger charge is 2.17. The quantitative estimate of drug-likeness (QED) is 0.370. The highest BCUT2D eigenvalue weighted by atomic mass is 35.5. The molecule has 0 aliphatic carbocycles. The van der Waals surface area contributed by atoms with Crippen LogP contribution in [0, 0.1) is 10.1 Å². The van der Waals surface area contributed by atoms with E-state index in [0.717, 1.165) is 0 Å². The van der Waals surface area contributed by atoms with Crippen molar-refractivity contribution in [2.75, 3.05) is 0 Å². The molecule has 1 aromatic rings. The SMILES string of the molecule is O=[N+]([O-])c1ccc(Cl)cc1C(Cl)=NO. The normalized spacial score (nSPS) is 11.4. The van der Waals surface area contributed by atoms with Crippen molar-refractivity contribution in [2.24, 2.45) is 5.16 Å². The van der Waals surface area contributed by atoms with Gasteiger partial charge in [0.05, 0.1) is 10.5 Å². The molecule has 74 valence electrons. The van der Waals surface area contributed by atoms with Crippen molar-refractivity contribution in [3.8, 4) is 0 Å². The summed E-state index contributed by atoms with van der Waals surface area (Å²) < 4.78 is 0. The molecule has 0 unspecified atom stereocenters. The molecular weight excluding hydrogens is 231 g/mol. The third kappa shape index (κ3) is 2.12. The van der Waals surface area contributed by atoms with Crippen LogP contribution in [0.4, 0.5) is 5.69 Å². The van der Waals surface area contributed by atoms with Gasteiger partial charge in [-0.1, -0.05) is 28.4 Å². The molecule has 0 bridgehead atoms. The standard InChI is InChI=1S/C7H4Cl2N2O3/c8-4-1-2-6(11(13)14)5(3-4)7(9)10-12/h1-3,12H. The summed E-state index contributed by atoms with van der Waals surface area (Å²) in [6.07, 6.45) is 0. The number of oxime groups is 1. The summed E-state index contributed by atoms with van der Waals surface area (Å²) in [6.45, 7) is 0. The second-order valence-electron chi connectivity index (χ2n) is 2.31. The fraction of sp³-hybridized carbons (Fsp3) is 0. The van der Waals surface area contributed by atoms with Gasteiger partial charge in [0.25, 0.3) is 5.69 Å². The molecule has 0 saturated heterocycles. The Bertz CT molecular complexity index is 406. The van der Waals surface area contributed by atoms with Gasteiger partial charge in [0.15, 0.2) is 5.17 Å². The minimum Gasteiger partial charge on any atom is -0.410 e. The lowest BCUT2D eigenvalue weighted by molar-refractivity contribution is -0.385. The Kier molecular flexibility index (Phi) is 3.27. The van der Waals surface area contributed by atoms with Gasteiger partial charge >= 0.3 is 0 Å². The molecule has 0 spiro atoms. The van der Waals surface area contributed by atoms with E-state index in [1.165, 1.54) is 18.2 Å². The molecule has 0 atom stereocenters. The van der Waals surface area contributed by atoms with Crippen LogP contribution < -0.4 is 0 Å². The molecular formula is C7H4Cl2N2O3. The van der Waals surface area contributed by atoms with Gasteiger partial charge in [0.2, 0.25) is 0 Å². The number of hydrogen-bond donors (Lipinski definition) is 1. The second-order valence-corrected chi connectivity index (χ2v) is 3.10. The van der Waals surface area contributed by atoms with Crippen LogP contribution in [0.15, 0.2) is 23.4 Å². The Balaban J connectivity index is 3.37. The predicted molar refractivity (Wildman–Crippen MR) is 52.3 cm³/mol. The number of hydrogen-bond acceptors (Lipinski definition) is 4. The maximum atomic E-state index is 10.5. The number of nitrogens with zero attached hydrogens (tertiary/aromatic N) is 2. The summed E-state index contributed by atoms with van der Waals surface area (Å²) in [5, 5.41) is 21.5. The van der Waals surface area contributed by atoms with E-state index in [4.69, 9.17) is 28.4 Å².